The summed E-state index contributed by atoms with van der Waals surface area (Å²) in [6, 6.07) is 10.4. The number of nitrogens with one attached hydrogen (secondary N) is 1. The molecule has 6 nitrogen and oxygen atoms in total. The van der Waals surface area contributed by atoms with E-state index >= 15 is 0 Å². The third kappa shape index (κ3) is 4.02. The molecule has 3 rings (SSSR count). The minimum atomic E-state index is -0.345. The van der Waals surface area contributed by atoms with E-state index in [1.54, 1.807) is 25.1 Å². The third-order valence-corrected chi connectivity index (χ3v) is 4.70. The van der Waals surface area contributed by atoms with E-state index in [0.29, 0.717) is 35.8 Å². The fraction of sp³-hybridized carbons (Fsp3) is 0.350. The average Bonchev–Trinajstić information content (AvgIpc) is 3.08. The van der Waals surface area contributed by atoms with Gasteiger partial charge in [0.15, 0.2) is 0 Å². The first-order valence-corrected chi connectivity index (χ1v) is 8.64. The number of ether oxygens (including phenoxy) is 1. The number of benzene rings is 1. The van der Waals surface area contributed by atoms with E-state index in [1.807, 2.05) is 17.0 Å². The number of aromatic nitrogens is 1. The largest absolute Gasteiger partial charge is 0.465 e. The smallest absolute Gasteiger partial charge is 0.337 e. The maximum absolute atomic E-state index is 12.6. The molecule has 1 atom stereocenters. The maximum Gasteiger partial charge on any atom is 0.337 e. The van der Waals surface area contributed by atoms with Crippen molar-refractivity contribution in [3.8, 4) is 0 Å². The van der Waals surface area contributed by atoms with Crippen molar-refractivity contribution < 1.29 is 14.3 Å². The minimum Gasteiger partial charge on any atom is -0.465 e. The van der Waals surface area contributed by atoms with Gasteiger partial charge >= 0.3 is 5.97 Å². The number of carbonyl (C=O) groups excluding carboxylic acids is 2. The Kier molecular flexibility index (Phi) is 5.21. The van der Waals surface area contributed by atoms with E-state index in [0.717, 1.165) is 18.4 Å². The molecule has 2 aromatic rings. The van der Waals surface area contributed by atoms with Crippen molar-refractivity contribution in [3.05, 3.63) is 69.1 Å². The SMILES string of the molecule is COC(=O)c1ccc(CC2CCN(C(=O)c3cc(C)[nH]c(=O)c3)C2)cc1. The Labute approximate surface area is 151 Å². The molecule has 1 aliphatic rings. The van der Waals surface area contributed by atoms with Crippen molar-refractivity contribution in [3.63, 3.8) is 0 Å². The van der Waals surface area contributed by atoms with Crippen molar-refractivity contribution in [2.24, 2.45) is 5.92 Å². The molecular formula is C20H22N2O4. The highest BCUT2D eigenvalue weighted by Gasteiger charge is 2.27. The van der Waals surface area contributed by atoms with Crippen LogP contribution in [0.25, 0.3) is 0 Å². The van der Waals surface area contributed by atoms with Crippen LogP contribution in [0.1, 0.15) is 38.4 Å². The van der Waals surface area contributed by atoms with Crippen LogP contribution in [0.3, 0.4) is 0 Å². The number of nitrogens with zero attached hydrogens (tertiary/aromatic N) is 1. The Balaban J connectivity index is 1.62. The monoisotopic (exact) mass is 354 g/mol. The number of amides is 1. The molecule has 1 aromatic carbocycles. The highest BCUT2D eigenvalue weighted by Crippen LogP contribution is 2.22. The summed E-state index contributed by atoms with van der Waals surface area (Å²) in [5.41, 5.74) is 2.53. The molecule has 136 valence electrons. The number of rotatable bonds is 4. The second kappa shape index (κ2) is 7.56. The molecule has 1 aromatic heterocycles. The molecule has 0 bridgehead atoms. The number of H-pyrrole nitrogens is 1. The number of hydrogen-bond donors (Lipinski definition) is 1. The van der Waals surface area contributed by atoms with Gasteiger partial charge in [0.25, 0.3) is 5.91 Å². The Bertz CT molecular complexity index is 870. The summed E-state index contributed by atoms with van der Waals surface area (Å²) in [5, 5.41) is 0. The van der Waals surface area contributed by atoms with Crippen molar-refractivity contribution in [1.29, 1.82) is 0 Å². The molecule has 0 spiro atoms. The van der Waals surface area contributed by atoms with Crippen LogP contribution in [-0.4, -0.2) is 42.0 Å². The van der Waals surface area contributed by atoms with Crippen LogP contribution in [0.2, 0.25) is 0 Å². The second-order valence-electron chi connectivity index (χ2n) is 6.71. The van der Waals surface area contributed by atoms with E-state index in [4.69, 9.17) is 4.74 Å². The van der Waals surface area contributed by atoms with Crippen LogP contribution >= 0.6 is 0 Å². The Hall–Kier alpha value is -2.89. The first-order chi connectivity index (χ1) is 12.5. The fourth-order valence-corrected chi connectivity index (χ4v) is 3.40. The van der Waals surface area contributed by atoms with Gasteiger partial charge in [0.2, 0.25) is 5.56 Å². The van der Waals surface area contributed by atoms with Gasteiger partial charge in [0.1, 0.15) is 0 Å². The number of esters is 1. The molecule has 6 heteroatoms. The fourth-order valence-electron chi connectivity index (χ4n) is 3.40. The van der Waals surface area contributed by atoms with Gasteiger partial charge in [-0.25, -0.2) is 4.79 Å². The molecule has 0 radical (unpaired) electrons. The Morgan fingerprint density at radius 1 is 1.19 bits per heavy atom. The van der Waals surface area contributed by atoms with E-state index in [9.17, 15) is 14.4 Å². The molecule has 1 N–H and O–H groups in total. The lowest BCUT2D eigenvalue weighted by Crippen LogP contribution is -2.30. The van der Waals surface area contributed by atoms with Gasteiger partial charge < -0.3 is 14.6 Å². The average molecular weight is 354 g/mol. The molecule has 1 aliphatic heterocycles. The van der Waals surface area contributed by atoms with Crippen molar-refractivity contribution in [2.45, 2.75) is 19.8 Å². The van der Waals surface area contributed by atoms with Gasteiger partial charge in [-0.1, -0.05) is 12.1 Å². The van der Waals surface area contributed by atoms with Crippen LogP contribution in [0.5, 0.6) is 0 Å². The number of pyridine rings is 1. The van der Waals surface area contributed by atoms with Crippen molar-refractivity contribution in [1.82, 2.24) is 9.88 Å². The number of likely N-dealkylation sites (tertiary alicyclic amines) is 1. The summed E-state index contributed by atoms with van der Waals surface area (Å²) in [6.45, 7) is 3.13. The first kappa shape index (κ1) is 17.9. The molecule has 26 heavy (non-hydrogen) atoms. The third-order valence-electron chi connectivity index (χ3n) is 4.70. The van der Waals surface area contributed by atoms with Crippen molar-refractivity contribution in [2.75, 3.05) is 20.2 Å². The molecule has 1 fully saturated rings. The van der Waals surface area contributed by atoms with Gasteiger partial charge in [-0.3, -0.25) is 9.59 Å². The summed E-state index contributed by atoms with van der Waals surface area (Å²) in [7, 11) is 1.36. The van der Waals surface area contributed by atoms with Crippen LogP contribution < -0.4 is 5.56 Å². The number of aryl methyl sites for hydroxylation is 1. The van der Waals surface area contributed by atoms with Crippen molar-refractivity contribution >= 4 is 11.9 Å². The van der Waals surface area contributed by atoms with Gasteiger partial charge in [-0.15, -0.1) is 0 Å². The number of carbonyl (C=O) groups is 2. The van der Waals surface area contributed by atoms with Crippen LogP contribution in [-0.2, 0) is 11.2 Å². The topological polar surface area (TPSA) is 79.5 Å². The summed E-state index contributed by atoms with van der Waals surface area (Å²) in [5.74, 6) is -0.0731. The molecule has 1 saturated heterocycles. The molecule has 0 saturated carbocycles. The summed E-state index contributed by atoms with van der Waals surface area (Å²) in [6.07, 6.45) is 1.77. The molecule has 0 aliphatic carbocycles. The second-order valence-corrected chi connectivity index (χ2v) is 6.71. The number of aromatic amines is 1. The number of hydrogen-bond acceptors (Lipinski definition) is 4. The molecule has 2 heterocycles. The highest BCUT2D eigenvalue weighted by atomic mass is 16.5. The van der Waals surface area contributed by atoms with E-state index in [1.165, 1.54) is 13.2 Å². The van der Waals surface area contributed by atoms with Crippen LogP contribution in [0, 0.1) is 12.8 Å². The molecular weight excluding hydrogens is 332 g/mol. The predicted octanol–water partition coefficient (Wildman–Crippen LogP) is 2.17. The van der Waals surface area contributed by atoms with E-state index in [2.05, 4.69) is 4.98 Å². The van der Waals surface area contributed by atoms with Gasteiger partial charge in [0.05, 0.1) is 12.7 Å². The zero-order valence-electron chi connectivity index (χ0n) is 15.0. The Morgan fingerprint density at radius 3 is 2.58 bits per heavy atom. The van der Waals surface area contributed by atoms with Gasteiger partial charge in [0, 0.05) is 30.4 Å². The van der Waals surface area contributed by atoms with Gasteiger partial charge in [-0.05, 0) is 49.4 Å². The standard InChI is InChI=1S/C20H22N2O4/c1-13-9-17(11-18(23)21-13)19(24)22-8-7-15(12-22)10-14-3-5-16(6-4-14)20(25)26-2/h3-6,9,11,15H,7-8,10,12H2,1-2H3,(H,21,23). The van der Waals surface area contributed by atoms with Crippen LogP contribution in [0.15, 0.2) is 41.2 Å². The maximum atomic E-state index is 12.6. The van der Waals surface area contributed by atoms with E-state index < -0.39 is 0 Å². The number of methoxy groups -OCH3 is 1. The highest BCUT2D eigenvalue weighted by molar-refractivity contribution is 5.94. The van der Waals surface area contributed by atoms with Crippen LogP contribution in [0.4, 0.5) is 0 Å². The normalized spacial score (nSPS) is 16.5. The summed E-state index contributed by atoms with van der Waals surface area (Å²) >= 11 is 0. The van der Waals surface area contributed by atoms with E-state index in [-0.39, 0.29) is 17.4 Å². The van der Waals surface area contributed by atoms with Gasteiger partial charge in [-0.2, -0.15) is 0 Å². The lowest BCUT2D eigenvalue weighted by atomic mass is 9.98. The lowest BCUT2D eigenvalue weighted by Gasteiger charge is -2.17. The lowest BCUT2D eigenvalue weighted by molar-refractivity contribution is 0.0600. The zero-order chi connectivity index (χ0) is 18.7. The quantitative estimate of drug-likeness (QED) is 0.854. The first-order valence-electron chi connectivity index (χ1n) is 8.64. The zero-order valence-corrected chi connectivity index (χ0v) is 15.0. The Morgan fingerprint density at radius 2 is 1.92 bits per heavy atom. The predicted molar refractivity (Wildman–Crippen MR) is 97.3 cm³/mol. The minimum absolute atomic E-state index is 0.0947. The summed E-state index contributed by atoms with van der Waals surface area (Å²) < 4.78 is 4.70. The summed E-state index contributed by atoms with van der Waals surface area (Å²) in [4.78, 5) is 40.1. The molecule has 1 amide bonds. The molecule has 1 unspecified atom stereocenters.